The van der Waals surface area contributed by atoms with E-state index in [2.05, 4.69) is 30.1 Å². The van der Waals surface area contributed by atoms with E-state index in [1.165, 1.54) is 16.3 Å². The summed E-state index contributed by atoms with van der Waals surface area (Å²) in [5.74, 6) is 0.355. The van der Waals surface area contributed by atoms with Crippen molar-refractivity contribution in [3.63, 3.8) is 0 Å². The average molecular weight is 215 g/mol. The van der Waals surface area contributed by atoms with Crippen molar-refractivity contribution in [3.8, 4) is 0 Å². The molecule has 2 aromatic rings. The molecule has 0 aliphatic carbocycles. The third-order valence-electron chi connectivity index (χ3n) is 2.94. The molecule has 16 heavy (non-hydrogen) atoms. The zero-order valence-electron chi connectivity index (χ0n) is 9.72. The van der Waals surface area contributed by atoms with Crippen molar-refractivity contribution in [1.29, 1.82) is 0 Å². The normalized spacial score (nSPS) is 14.9. The molecule has 2 atom stereocenters. The maximum atomic E-state index is 9.44. The summed E-state index contributed by atoms with van der Waals surface area (Å²) in [6.45, 7) is 3.98. The standard InChI is InChI=1S/C14H17NO/c1-10(8-11(2)16)13-5-3-4-12-6-7-15-9-14(12)13/h3-7,9-11,16H,8H2,1-2H3. The minimum atomic E-state index is -0.262. The number of aliphatic hydroxyl groups excluding tert-OH is 1. The number of hydrogen-bond acceptors (Lipinski definition) is 2. The number of benzene rings is 1. The first-order valence-electron chi connectivity index (χ1n) is 5.69. The molecule has 1 aromatic carbocycles. The van der Waals surface area contributed by atoms with E-state index in [4.69, 9.17) is 0 Å². The number of nitrogens with zero attached hydrogens (tertiary/aromatic N) is 1. The topological polar surface area (TPSA) is 33.1 Å². The van der Waals surface area contributed by atoms with Crippen molar-refractivity contribution in [2.24, 2.45) is 0 Å². The van der Waals surface area contributed by atoms with Crippen LogP contribution in [0.2, 0.25) is 0 Å². The van der Waals surface area contributed by atoms with Gasteiger partial charge in [0, 0.05) is 17.8 Å². The lowest BCUT2D eigenvalue weighted by molar-refractivity contribution is 0.177. The molecule has 0 aliphatic heterocycles. The molecular formula is C14H17NO. The Hall–Kier alpha value is -1.41. The molecule has 0 fully saturated rings. The van der Waals surface area contributed by atoms with Crippen LogP contribution in [0, 0.1) is 0 Å². The van der Waals surface area contributed by atoms with Crippen LogP contribution < -0.4 is 0 Å². The highest BCUT2D eigenvalue weighted by atomic mass is 16.3. The van der Waals surface area contributed by atoms with Gasteiger partial charge in [0.15, 0.2) is 0 Å². The van der Waals surface area contributed by atoms with Crippen LogP contribution in [-0.4, -0.2) is 16.2 Å². The Morgan fingerprint density at radius 2 is 2.06 bits per heavy atom. The molecule has 2 rings (SSSR count). The Morgan fingerprint density at radius 1 is 1.25 bits per heavy atom. The van der Waals surface area contributed by atoms with Gasteiger partial charge in [0.05, 0.1) is 6.10 Å². The second-order valence-corrected chi connectivity index (χ2v) is 4.43. The number of fused-ring (bicyclic) bond motifs is 1. The number of aromatic nitrogens is 1. The zero-order valence-corrected chi connectivity index (χ0v) is 9.72. The van der Waals surface area contributed by atoms with Gasteiger partial charge in [0.1, 0.15) is 0 Å². The van der Waals surface area contributed by atoms with Crippen LogP contribution in [-0.2, 0) is 0 Å². The van der Waals surface area contributed by atoms with Crippen molar-refractivity contribution in [3.05, 3.63) is 42.2 Å². The van der Waals surface area contributed by atoms with E-state index in [1.54, 1.807) is 0 Å². The summed E-state index contributed by atoms with van der Waals surface area (Å²) in [5.41, 5.74) is 1.27. The lowest BCUT2D eigenvalue weighted by atomic mass is 9.92. The Morgan fingerprint density at radius 3 is 2.81 bits per heavy atom. The highest BCUT2D eigenvalue weighted by molar-refractivity contribution is 5.85. The van der Waals surface area contributed by atoms with Crippen LogP contribution in [0.15, 0.2) is 36.7 Å². The van der Waals surface area contributed by atoms with Crippen molar-refractivity contribution in [1.82, 2.24) is 4.98 Å². The molecule has 2 unspecified atom stereocenters. The molecule has 0 amide bonds. The molecule has 0 aliphatic rings. The Kier molecular flexibility index (Phi) is 3.20. The third-order valence-corrected chi connectivity index (χ3v) is 2.94. The van der Waals surface area contributed by atoms with E-state index in [0.29, 0.717) is 5.92 Å². The van der Waals surface area contributed by atoms with Gasteiger partial charge in [-0.05, 0) is 36.3 Å². The fourth-order valence-corrected chi connectivity index (χ4v) is 2.21. The summed E-state index contributed by atoms with van der Waals surface area (Å²) in [6, 6.07) is 8.30. The predicted octanol–water partition coefficient (Wildman–Crippen LogP) is 3.11. The lowest BCUT2D eigenvalue weighted by Gasteiger charge is -2.15. The van der Waals surface area contributed by atoms with Gasteiger partial charge >= 0.3 is 0 Å². The molecular weight excluding hydrogens is 198 g/mol. The first kappa shape index (κ1) is 11.1. The molecule has 0 radical (unpaired) electrons. The van der Waals surface area contributed by atoms with Gasteiger partial charge in [-0.2, -0.15) is 0 Å². The Labute approximate surface area is 96.0 Å². The summed E-state index contributed by atoms with van der Waals surface area (Å²) >= 11 is 0. The predicted molar refractivity (Wildman–Crippen MR) is 66.5 cm³/mol. The van der Waals surface area contributed by atoms with Gasteiger partial charge < -0.3 is 5.11 Å². The first-order valence-corrected chi connectivity index (χ1v) is 5.69. The van der Waals surface area contributed by atoms with E-state index in [1.807, 2.05) is 25.4 Å². The van der Waals surface area contributed by atoms with E-state index in [-0.39, 0.29) is 6.10 Å². The zero-order chi connectivity index (χ0) is 11.5. The maximum absolute atomic E-state index is 9.44. The molecule has 0 bridgehead atoms. The first-order chi connectivity index (χ1) is 7.68. The summed E-state index contributed by atoms with van der Waals surface area (Å²) in [7, 11) is 0. The summed E-state index contributed by atoms with van der Waals surface area (Å²) in [4.78, 5) is 4.17. The van der Waals surface area contributed by atoms with Gasteiger partial charge in [-0.3, -0.25) is 4.98 Å². The highest BCUT2D eigenvalue weighted by Crippen LogP contribution is 2.27. The summed E-state index contributed by atoms with van der Waals surface area (Å²) < 4.78 is 0. The molecule has 84 valence electrons. The van der Waals surface area contributed by atoms with Crippen LogP contribution in [0.3, 0.4) is 0 Å². The van der Waals surface area contributed by atoms with Crippen molar-refractivity contribution in [2.75, 3.05) is 0 Å². The second-order valence-electron chi connectivity index (χ2n) is 4.43. The van der Waals surface area contributed by atoms with Crippen LogP contribution in [0.1, 0.15) is 31.7 Å². The van der Waals surface area contributed by atoms with E-state index in [0.717, 1.165) is 6.42 Å². The van der Waals surface area contributed by atoms with E-state index >= 15 is 0 Å². The Balaban J connectivity index is 2.44. The Bertz CT molecular complexity index is 474. The molecule has 0 spiro atoms. The second kappa shape index (κ2) is 4.62. The number of pyridine rings is 1. The summed E-state index contributed by atoms with van der Waals surface area (Å²) in [5, 5.41) is 11.8. The van der Waals surface area contributed by atoms with Crippen molar-refractivity contribution >= 4 is 10.8 Å². The SMILES string of the molecule is CC(O)CC(C)c1cccc2ccncc12. The quantitative estimate of drug-likeness (QED) is 0.853. The fraction of sp³-hybridized carbons (Fsp3) is 0.357. The molecule has 1 aromatic heterocycles. The molecule has 1 heterocycles. The van der Waals surface area contributed by atoms with Crippen LogP contribution >= 0.6 is 0 Å². The monoisotopic (exact) mass is 215 g/mol. The lowest BCUT2D eigenvalue weighted by Crippen LogP contribution is -2.06. The number of rotatable bonds is 3. The number of aliphatic hydroxyl groups is 1. The minimum absolute atomic E-state index is 0.262. The minimum Gasteiger partial charge on any atom is -0.393 e. The van der Waals surface area contributed by atoms with Gasteiger partial charge in [-0.15, -0.1) is 0 Å². The molecule has 1 N–H and O–H groups in total. The smallest absolute Gasteiger partial charge is 0.0517 e. The van der Waals surface area contributed by atoms with E-state index in [9.17, 15) is 5.11 Å². The van der Waals surface area contributed by atoms with Gasteiger partial charge in [-0.1, -0.05) is 25.1 Å². The van der Waals surface area contributed by atoms with Gasteiger partial charge in [0.2, 0.25) is 0 Å². The average Bonchev–Trinajstić information content (AvgIpc) is 2.27. The highest BCUT2D eigenvalue weighted by Gasteiger charge is 2.11. The molecule has 2 nitrogen and oxygen atoms in total. The van der Waals surface area contributed by atoms with Crippen molar-refractivity contribution in [2.45, 2.75) is 32.3 Å². The molecule has 0 saturated heterocycles. The van der Waals surface area contributed by atoms with Gasteiger partial charge in [-0.25, -0.2) is 0 Å². The van der Waals surface area contributed by atoms with Crippen LogP contribution in [0.5, 0.6) is 0 Å². The molecule has 2 heteroatoms. The van der Waals surface area contributed by atoms with E-state index < -0.39 is 0 Å². The van der Waals surface area contributed by atoms with Crippen LogP contribution in [0.25, 0.3) is 10.8 Å². The largest absolute Gasteiger partial charge is 0.393 e. The van der Waals surface area contributed by atoms with Gasteiger partial charge in [0.25, 0.3) is 0 Å². The molecule has 0 saturated carbocycles. The van der Waals surface area contributed by atoms with Crippen molar-refractivity contribution < 1.29 is 5.11 Å². The third kappa shape index (κ3) is 2.22. The fourth-order valence-electron chi connectivity index (χ4n) is 2.21. The van der Waals surface area contributed by atoms with Crippen LogP contribution in [0.4, 0.5) is 0 Å². The summed E-state index contributed by atoms with van der Waals surface area (Å²) in [6.07, 6.45) is 4.24. The number of hydrogen-bond donors (Lipinski definition) is 1. The maximum Gasteiger partial charge on any atom is 0.0517 e.